The van der Waals surface area contributed by atoms with Crippen LogP contribution < -0.4 is 10.6 Å². The molecule has 3 fully saturated rings. The number of ether oxygens (including phenoxy) is 1. The minimum Gasteiger partial charge on any atom is -0.394 e. The fourth-order valence-corrected chi connectivity index (χ4v) is 7.17. The molecule has 3 heterocycles. The number of rotatable bonds is 9. The molecule has 0 aromatic carbocycles. The SMILES string of the molecule is CCCNC(=O)[C@H]1[C@H]2C(=O)N([C@@H](CO)C(C)C)C(C(=O)NC(C)(C)CC(C)(C)C)C23CC[C@]1(C)O3. The summed E-state index contributed by atoms with van der Waals surface area (Å²) in [6.07, 6.45) is 2.67. The molecule has 0 aliphatic carbocycles. The predicted molar refractivity (Wildman–Crippen MR) is 134 cm³/mol. The third-order valence-corrected chi connectivity index (χ3v) is 8.04. The quantitative estimate of drug-likeness (QED) is 0.458. The smallest absolute Gasteiger partial charge is 0.246 e. The summed E-state index contributed by atoms with van der Waals surface area (Å²) in [4.78, 5) is 43.0. The van der Waals surface area contributed by atoms with E-state index in [4.69, 9.17) is 4.74 Å². The Labute approximate surface area is 210 Å². The molecule has 0 saturated carbocycles. The fourth-order valence-electron chi connectivity index (χ4n) is 7.17. The molecule has 35 heavy (non-hydrogen) atoms. The number of nitrogens with zero attached hydrogens (tertiary/aromatic N) is 1. The van der Waals surface area contributed by atoms with Gasteiger partial charge >= 0.3 is 0 Å². The molecule has 0 aromatic heterocycles. The van der Waals surface area contributed by atoms with Crippen LogP contribution in [0.3, 0.4) is 0 Å². The highest BCUT2D eigenvalue weighted by molar-refractivity contribution is 5.99. The molecule has 2 unspecified atom stereocenters. The zero-order valence-corrected chi connectivity index (χ0v) is 23.2. The molecule has 3 amide bonds. The summed E-state index contributed by atoms with van der Waals surface area (Å²) in [5, 5.41) is 16.5. The summed E-state index contributed by atoms with van der Waals surface area (Å²) in [5.74, 6) is -2.19. The highest BCUT2D eigenvalue weighted by atomic mass is 16.5. The Morgan fingerprint density at radius 1 is 1.17 bits per heavy atom. The minimum atomic E-state index is -1.08. The van der Waals surface area contributed by atoms with Gasteiger partial charge in [0.2, 0.25) is 17.7 Å². The van der Waals surface area contributed by atoms with Crippen molar-refractivity contribution in [2.24, 2.45) is 23.2 Å². The standard InChI is InChI=1S/C27H47N3O5/c1-10-13-28-21(32)18-19-23(34)30(17(14-31)16(2)3)20(27(19)12-11-26(18,9)35-27)22(33)29-25(7,8)15-24(4,5)6/h16-20,31H,10-15H2,1-9H3,(H,28,32)(H,29,33)/t17-,18+,19-,20?,26-,27?/m0/s1. The number of hydrogen-bond acceptors (Lipinski definition) is 5. The molecule has 3 N–H and O–H groups in total. The van der Waals surface area contributed by atoms with Gasteiger partial charge in [-0.3, -0.25) is 14.4 Å². The van der Waals surface area contributed by atoms with Crippen molar-refractivity contribution < 1.29 is 24.2 Å². The second-order valence-corrected chi connectivity index (χ2v) is 13.4. The number of carbonyl (C=O) groups is 3. The maximum atomic E-state index is 14.1. The Kier molecular flexibility index (Phi) is 7.44. The van der Waals surface area contributed by atoms with Crippen molar-refractivity contribution in [3.8, 4) is 0 Å². The van der Waals surface area contributed by atoms with Crippen LogP contribution in [0.5, 0.6) is 0 Å². The van der Waals surface area contributed by atoms with Gasteiger partial charge in [-0.15, -0.1) is 0 Å². The van der Waals surface area contributed by atoms with E-state index >= 15 is 0 Å². The fraction of sp³-hybridized carbons (Fsp3) is 0.889. The third-order valence-electron chi connectivity index (χ3n) is 8.04. The highest BCUT2D eigenvalue weighted by Crippen LogP contribution is 2.63. The number of hydrogen-bond donors (Lipinski definition) is 3. The first kappa shape index (κ1) is 27.9. The van der Waals surface area contributed by atoms with E-state index in [0.29, 0.717) is 19.4 Å². The van der Waals surface area contributed by atoms with E-state index in [1.54, 1.807) is 4.90 Å². The molecule has 6 atom stereocenters. The van der Waals surface area contributed by atoms with Crippen LogP contribution in [0.25, 0.3) is 0 Å². The lowest BCUT2D eigenvalue weighted by atomic mass is 9.66. The van der Waals surface area contributed by atoms with E-state index in [2.05, 4.69) is 31.4 Å². The Balaban J connectivity index is 2.06. The maximum Gasteiger partial charge on any atom is 0.246 e. The van der Waals surface area contributed by atoms with Gasteiger partial charge in [-0.25, -0.2) is 0 Å². The van der Waals surface area contributed by atoms with E-state index in [9.17, 15) is 19.5 Å². The van der Waals surface area contributed by atoms with Gasteiger partial charge < -0.3 is 25.4 Å². The molecule has 8 nitrogen and oxygen atoms in total. The molecule has 3 aliphatic rings. The largest absolute Gasteiger partial charge is 0.394 e. The summed E-state index contributed by atoms with van der Waals surface area (Å²) in [5.41, 5.74) is -2.39. The van der Waals surface area contributed by atoms with Gasteiger partial charge in [0.1, 0.15) is 11.6 Å². The van der Waals surface area contributed by atoms with E-state index in [-0.39, 0.29) is 35.7 Å². The van der Waals surface area contributed by atoms with Gasteiger partial charge in [0.15, 0.2) is 0 Å². The Hall–Kier alpha value is -1.67. The van der Waals surface area contributed by atoms with E-state index in [0.717, 1.165) is 12.8 Å². The summed E-state index contributed by atoms with van der Waals surface area (Å²) in [7, 11) is 0. The van der Waals surface area contributed by atoms with E-state index in [1.165, 1.54) is 0 Å². The number of aliphatic hydroxyl groups is 1. The maximum absolute atomic E-state index is 14.1. The van der Waals surface area contributed by atoms with Crippen LogP contribution in [-0.4, -0.2) is 69.7 Å². The van der Waals surface area contributed by atoms with Crippen LogP contribution in [0.15, 0.2) is 0 Å². The van der Waals surface area contributed by atoms with Crippen molar-refractivity contribution in [2.45, 2.75) is 117 Å². The Bertz CT molecular complexity index is 850. The average molecular weight is 494 g/mol. The van der Waals surface area contributed by atoms with Crippen molar-refractivity contribution in [3.05, 3.63) is 0 Å². The van der Waals surface area contributed by atoms with Gasteiger partial charge in [0.05, 0.1) is 30.1 Å². The van der Waals surface area contributed by atoms with Crippen LogP contribution >= 0.6 is 0 Å². The van der Waals surface area contributed by atoms with Crippen LogP contribution in [-0.2, 0) is 19.1 Å². The summed E-state index contributed by atoms with van der Waals surface area (Å²) >= 11 is 0. The molecule has 3 saturated heterocycles. The van der Waals surface area contributed by atoms with E-state index in [1.807, 2.05) is 41.5 Å². The number of fused-ring (bicyclic) bond motifs is 1. The molecule has 3 aliphatic heterocycles. The van der Waals surface area contributed by atoms with Crippen LogP contribution in [0.2, 0.25) is 0 Å². The van der Waals surface area contributed by atoms with Crippen molar-refractivity contribution in [3.63, 3.8) is 0 Å². The van der Waals surface area contributed by atoms with Crippen molar-refractivity contribution in [2.75, 3.05) is 13.2 Å². The first-order valence-corrected chi connectivity index (χ1v) is 13.3. The number of amides is 3. The first-order valence-electron chi connectivity index (χ1n) is 13.3. The summed E-state index contributed by atoms with van der Waals surface area (Å²) in [6, 6.07) is -1.44. The Morgan fingerprint density at radius 2 is 1.80 bits per heavy atom. The number of aliphatic hydroxyl groups excluding tert-OH is 1. The molecule has 1 spiro atoms. The predicted octanol–water partition coefficient (Wildman–Crippen LogP) is 2.63. The normalized spacial score (nSPS) is 33.3. The molecular weight excluding hydrogens is 446 g/mol. The summed E-state index contributed by atoms with van der Waals surface area (Å²) < 4.78 is 6.64. The monoisotopic (exact) mass is 493 g/mol. The number of likely N-dealkylation sites (tertiary alicyclic amines) is 1. The van der Waals surface area contributed by atoms with Gasteiger partial charge in [0.25, 0.3) is 0 Å². The van der Waals surface area contributed by atoms with Crippen molar-refractivity contribution in [1.82, 2.24) is 15.5 Å². The lowest BCUT2D eigenvalue weighted by molar-refractivity contribution is -0.151. The van der Waals surface area contributed by atoms with Gasteiger partial charge in [-0.2, -0.15) is 0 Å². The third kappa shape index (κ3) is 4.85. The van der Waals surface area contributed by atoms with Crippen LogP contribution in [0.4, 0.5) is 0 Å². The molecule has 2 bridgehead atoms. The molecule has 0 aromatic rings. The number of carbonyl (C=O) groups excluding carboxylic acids is 3. The molecule has 8 heteroatoms. The molecular formula is C27H47N3O5. The number of nitrogens with one attached hydrogen (secondary N) is 2. The van der Waals surface area contributed by atoms with Crippen LogP contribution in [0.1, 0.15) is 88.0 Å². The molecule has 200 valence electrons. The zero-order valence-electron chi connectivity index (χ0n) is 23.2. The Morgan fingerprint density at radius 3 is 2.31 bits per heavy atom. The molecule has 3 rings (SSSR count). The second kappa shape index (κ2) is 9.33. The lowest BCUT2D eigenvalue weighted by Crippen LogP contribution is -2.62. The van der Waals surface area contributed by atoms with Gasteiger partial charge in [-0.05, 0) is 57.8 Å². The topological polar surface area (TPSA) is 108 Å². The van der Waals surface area contributed by atoms with E-state index < -0.39 is 40.7 Å². The summed E-state index contributed by atoms with van der Waals surface area (Å²) in [6.45, 7) is 18.4. The minimum absolute atomic E-state index is 0.00734. The lowest BCUT2D eigenvalue weighted by Gasteiger charge is -2.41. The van der Waals surface area contributed by atoms with Gasteiger partial charge in [0, 0.05) is 12.1 Å². The first-order chi connectivity index (χ1) is 16.0. The van der Waals surface area contributed by atoms with Crippen LogP contribution in [0, 0.1) is 23.2 Å². The molecule has 0 radical (unpaired) electrons. The van der Waals surface area contributed by atoms with Gasteiger partial charge in [-0.1, -0.05) is 41.5 Å². The second-order valence-electron chi connectivity index (χ2n) is 13.4. The average Bonchev–Trinajstić information content (AvgIpc) is 3.25. The zero-order chi connectivity index (χ0) is 26.6. The van der Waals surface area contributed by atoms with Crippen molar-refractivity contribution in [1.29, 1.82) is 0 Å². The van der Waals surface area contributed by atoms with Crippen molar-refractivity contribution >= 4 is 17.7 Å². The highest BCUT2D eigenvalue weighted by Gasteiger charge is 2.78.